The maximum Gasteiger partial charge on any atom is 0.129 e. The van der Waals surface area contributed by atoms with Gasteiger partial charge >= 0.3 is 0 Å². The fourth-order valence-electron chi connectivity index (χ4n) is 1.04. The first-order valence-corrected chi connectivity index (χ1v) is 3.76. The Morgan fingerprint density at radius 3 is 2.67 bits per heavy atom. The van der Waals surface area contributed by atoms with Crippen LogP contribution in [0.15, 0.2) is 18.2 Å². The van der Waals surface area contributed by atoms with Crippen LogP contribution in [0.25, 0.3) is 0 Å². The molecular weight excluding hydrogens is 157 g/mol. The normalized spacial score (nSPS) is 13.0. The van der Waals surface area contributed by atoms with Crippen LogP contribution >= 0.6 is 0 Å². The Labute approximate surface area is 71.1 Å². The van der Waals surface area contributed by atoms with E-state index in [9.17, 15) is 4.39 Å². The van der Waals surface area contributed by atoms with Gasteiger partial charge < -0.3 is 0 Å². The van der Waals surface area contributed by atoms with Crippen molar-refractivity contribution in [3.05, 3.63) is 35.1 Å². The van der Waals surface area contributed by atoms with Crippen LogP contribution in [0.4, 0.5) is 4.39 Å². The summed E-state index contributed by atoms with van der Waals surface area (Å²) in [6.45, 7) is 3.54. The average Bonchev–Trinajstić information content (AvgIpc) is 2.03. The minimum atomic E-state index is -0.398. The molecule has 3 heteroatoms. The number of rotatable bonds is 2. The van der Waals surface area contributed by atoms with E-state index in [1.54, 1.807) is 13.0 Å². The lowest BCUT2D eigenvalue weighted by atomic mass is 10.1. The first-order valence-electron chi connectivity index (χ1n) is 3.76. The van der Waals surface area contributed by atoms with Crippen molar-refractivity contribution in [2.75, 3.05) is 0 Å². The third kappa shape index (κ3) is 1.81. The fraction of sp³-hybridized carbons (Fsp3) is 0.333. The third-order valence-electron chi connectivity index (χ3n) is 1.80. The smallest absolute Gasteiger partial charge is 0.129 e. The number of hydrogen-bond donors (Lipinski definition) is 1. The summed E-state index contributed by atoms with van der Waals surface area (Å²) in [5.74, 6) is 4.67. The maximum absolute atomic E-state index is 13.2. The minimum Gasteiger partial charge on any atom is -0.297 e. The second-order valence-electron chi connectivity index (χ2n) is 2.80. The zero-order valence-corrected chi connectivity index (χ0v) is 7.17. The van der Waals surface area contributed by atoms with Crippen molar-refractivity contribution in [2.45, 2.75) is 20.0 Å². The van der Waals surface area contributed by atoms with Gasteiger partial charge in [0.25, 0.3) is 0 Å². The van der Waals surface area contributed by atoms with E-state index in [2.05, 4.69) is 4.84 Å². The van der Waals surface area contributed by atoms with E-state index in [-0.39, 0.29) is 5.82 Å². The van der Waals surface area contributed by atoms with Gasteiger partial charge in [0.2, 0.25) is 0 Å². The predicted molar refractivity (Wildman–Crippen MR) is 44.8 cm³/mol. The lowest BCUT2D eigenvalue weighted by molar-refractivity contribution is 0.0638. The van der Waals surface area contributed by atoms with E-state index in [0.29, 0.717) is 5.56 Å². The van der Waals surface area contributed by atoms with E-state index in [4.69, 9.17) is 5.90 Å². The van der Waals surface area contributed by atoms with Crippen LogP contribution in [0.1, 0.15) is 24.2 Å². The summed E-state index contributed by atoms with van der Waals surface area (Å²) in [5, 5.41) is 0. The molecule has 0 radical (unpaired) electrons. The molecule has 0 spiro atoms. The first-order chi connectivity index (χ1) is 5.65. The highest BCUT2D eigenvalue weighted by Crippen LogP contribution is 2.19. The van der Waals surface area contributed by atoms with Crippen LogP contribution < -0.4 is 5.90 Å². The van der Waals surface area contributed by atoms with E-state index in [1.807, 2.05) is 13.0 Å². The predicted octanol–water partition coefficient (Wildman–Crippen LogP) is 2.09. The Balaban J connectivity index is 3.01. The van der Waals surface area contributed by atoms with Crippen molar-refractivity contribution in [3.8, 4) is 0 Å². The number of aryl methyl sites for hydroxylation is 1. The molecule has 0 heterocycles. The van der Waals surface area contributed by atoms with Gasteiger partial charge in [-0.2, -0.15) is 0 Å². The molecule has 0 fully saturated rings. The van der Waals surface area contributed by atoms with Crippen LogP contribution in [0, 0.1) is 12.7 Å². The van der Waals surface area contributed by atoms with Crippen LogP contribution in [0.3, 0.4) is 0 Å². The van der Waals surface area contributed by atoms with Gasteiger partial charge in [-0.1, -0.05) is 12.1 Å². The molecule has 0 aliphatic heterocycles. The van der Waals surface area contributed by atoms with Gasteiger partial charge in [-0.05, 0) is 25.5 Å². The van der Waals surface area contributed by atoms with Crippen molar-refractivity contribution in [2.24, 2.45) is 5.90 Å². The molecule has 12 heavy (non-hydrogen) atoms. The van der Waals surface area contributed by atoms with Gasteiger partial charge in [0.15, 0.2) is 0 Å². The Morgan fingerprint density at radius 2 is 2.17 bits per heavy atom. The lowest BCUT2D eigenvalue weighted by Gasteiger charge is -2.09. The summed E-state index contributed by atoms with van der Waals surface area (Å²) in [6, 6.07) is 4.97. The maximum atomic E-state index is 13.2. The molecule has 1 rings (SSSR count). The van der Waals surface area contributed by atoms with Gasteiger partial charge in [0.05, 0.1) is 0 Å². The van der Waals surface area contributed by atoms with Gasteiger partial charge in [0, 0.05) is 5.56 Å². The van der Waals surface area contributed by atoms with E-state index in [0.717, 1.165) is 5.56 Å². The number of halogens is 1. The zero-order valence-electron chi connectivity index (χ0n) is 7.17. The van der Waals surface area contributed by atoms with Crippen LogP contribution in [-0.4, -0.2) is 0 Å². The van der Waals surface area contributed by atoms with Gasteiger partial charge in [-0.25, -0.2) is 10.3 Å². The second kappa shape index (κ2) is 3.65. The third-order valence-corrected chi connectivity index (χ3v) is 1.80. The molecule has 0 saturated carbocycles. The van der Waals surface area contributed by atoms with Crippen molar-refractivity contribution >= 4 is 0 Å². The van der Waals surface area contributed by atoms with Gasteiger partial charge in [-0.15, -0.1) is 0 Å². The van der Waals surface area contributed by atoms with Gasteiger partial charge in [0.1, 0.15) is 11.9 Å². The molecule has 1 unspecified atom stereocenters. The fourth-order valence-corrected chi connectivity index (χ4v) is 1.04. The van der Waals surface area contributed by atoms with E-state index >= 15 is 0 Å². The summed E-state index contributed by atoms with van der Waals surface area (Å²) in [7, 11) is 0. The van der Waals surface area contributed by atoms with E-state index < -0.39 is 6.10 Å². The summed E-state index contributed by atoms with van der Waals surface area (Å²) in [4.78, 5) is 4.52. The molecule has 0 aliphatic rings. The molecule has 1 atom stereocenters. The molecular formula is C9H12FNO. The molecule has 66 valence electrons. The molecule has 1 aromatic rings. The summed E-state index contributed by atoms with van der Waals surface area (Å²) >= 11 is 0. The molecule has 2 N–H and O–H groups in total. The average molecular weight is 169 g/mol. The van der Waals surface area contributed by atoms with Crippen molar-refractivity contribution in [1.82, 2.24) is 0 Å². The molecule has 0 amide bonds. The first kappa shape index (κ1) is 9.16. The van der Waals surface area contributed by atoms with Crippen LogP contribution in [-0.2, 0) is 4.84 Å². The topological polar surface area (TPSA) is 35.2 Å². The molecule has 0 saturated heterocycles. The lowest BCUT2D eigenvalue weighted by Crippen LogP contribution is -2.07. The largest absolute Gasteiger partial charge is 0.297 e. The van der Waals surface area contributed by atoms with E-state index in [1.165, 1.54) is 6.07 Å². The minimum absolute atomic E-state index is 0.270. The summed E-state index contributed by atoms with van der Waals surface area (Å²) < 4.78 is 13.2. The highest BCUT2D eigenvalue weighted by molar-refractivity contribution is 5.24. The van der Waals surface area contributed by atoms with Crippen LogP contribution in [0.2, 0.25) is 0 Å². The molecule has 0 aliphatic carbocycles. The van der Waals surface area contributed by atoms with Crippen LogP contribution in [0.5, 0.6) is 0 Å². The number of benzene rings is 1. The Kier molecular flexibility index (Phi) is 2.78. The summed E-state index contributed by atoms with van der Waals surface area (Å²) in [6.07, 6.45) is -0.398. The van der Waals surface area contributed by atoms with Crippen molar-refractivity contribution in [1.29, 1.82) is 0 Å². The Morgan fingerprint density at radius 1 is 1.50 bits per heavy atom. The second-order valence-corrected chi connectivity index (χ2v) is 2.80. The molecule has 2 nitrogen and oxygen atoms in total. The standard InChI is InChI=1S/C9H12FNO/c1-6-3-4-8(7(2)12-11)9(10)5-6/h3-5,7H,11H2,1-2H3. The highest BCUT2D eigenvalue weighted by Gasteiger charge is 2.09. The number of nitrogens with two attached hydrogens (primary N) is 1. The monoisotopic (exact) mass is 169 g/mol. The Hall–Kier alpha value is -0.930. The molecule has 0 bridgehead atoms. The molecule has 1 aromatic carbocycles. The number of hydrogen-bond acceptors (Lipinski definition) is 2. The van der Waals surface area contributed by atoms with Crippen molar-refractivity contribution in [3.63, 3.8) is 0 Å². The van der Waals surface area contributed by atoms with Crippen molar-refractivity contribution < 1.29 is 9.23 Å². The summed E-state index contributed by atoms with van der Waals surface area (Å²) in [5.41, 5.74) is 1.38. The Bertz CT molecular complexity index is 275. The SMILES string of the molecule is Cc1ccc(C(C)ON)c(F)c1. The molecule has 0 aromatic heterocycles. The van der Waals surface area contributed by atoms with Gasteiger partial charge in [-0.3, -0.25) is 4.84 Å². The quantitative estimate of drug-likeness (QED) is 0.688. The highest BCUT2D eigenvalue weighted by atomic mass is 19.1. The zero-order chi connectivity index (χ0) is 9.14.